The molecule has 0 radical (unpaired) electrons. The van der Waals surface area contributed by atoms with E-state index < -0.39 is 21.7 Å². The van der Waals surface area contributed by atoms with Crippen LogP contribution in [0.1, 0.15) is 20.8 Å². The summed E-state index contributed by atoms with van der Waals surface area (Å²) < 4.78 is 3.33. The van der Waals surface area contributed by atoms with Crippen molar-refractivity contribution in [2.45, 2.75) is 36.4 Å². The summed E-state index contributed by atoms with van der Waals surface area (Å²) in [5, 5.41) is 0.887. The van der Waals surface area contributed by atoms with Crippen LogP contribution < -0.4 is 0 Å². The molecule has 7 heteroatoms. The van der Waals surface area contributed by atoms with Gasteiger partial charge in [0.25, 0.3) is 0 Å². The fourth-order valence-electron chi connectivity index (χ4n) is 0.719. The Balaban J connectivity index is 2.45. The Hall–Kier alpha value is 0.1000. The Morgan fingerprint density at radius 2 is 1.86 bits per heavy atom. The summed E-state index contributed by atoms with van der Waals surface area (Å²) in [5.74, 6) is 0. The van der Waals surface area contributed by atoms with Crippen molar-refractivity contribution in [3.8, 4) is 0 Å². The van der Waals surface area contributed by atoms with Crippen LogP contribution in [0.15, 0.2) is 0 Å². The molecule has 0 aromatic heterocycles. The van der Waals surface area contributed by atoms with Gasteiger partial charge in [0.1, 0.15) is 5.60 Å². The minimum atomic E-state index is -1.64. The number of hydroxylamine groups is 2. The van der Waals surface area contributed by atoms with E-state index in [1.165, 1.54) is 0 Å². The Morgan fingerprint density at radius 1 is 1.36 bits per heavy atom. The number of hydrogen-bond donors (Lipinski definition) is 0. The zero-order valence-corrected chi connectivity index (χ0v) is 10.2. The van der Waals surface area contributed by atoms with Crippen LogP contribution >= 0.6 is 34.8 Å². The van der Waals surface area contributed by atoms with Gasteiger partial charge in [-0.3, -0.25) is 0 Å². The molecule has 1 atom stereocenters. The first-order valence-corrected chi connectivity index (χ1v) is 5.00. The molecule has 0 spiro atoms. The molecule has 0 bridgehead atoms. The minimum absolute atomic E-state index is 0.596. The van der Waals surface area contributed by atoms with Crippen molar-refractivity contribution in [3.63, 3.8) is 0 Å². The molecular formula is C7H10Cl3NO3. The molecule has 1 rings (SSSR count). The second-order valence-corrected chi connectivity index (χ2v) is 6.17. The number of carbonyl (C=O) groups is 1. The summed E-state index contributed by atoms with van der Waals surface area (Å²) in [5.41, 5.74) is -0.596. The number of alkyl halides is 3. The van der Waals surface area contributed by atoms with Gasteiger partial charge in [0.2, 0.25) is 10.0 Å². The van der Waals surface area contributed by atoms with Crippen molar-refractivity contribution in [3.05, 3.63) is 0 Å². The maximum atomic E-state index is 11.3. The Kier molecular flexibility index (Phi) is 3.12. The van der Waals surface area contributed by atoms with Gasteiger partial charge in [-0.05, 0) is 20.8 Å². The van der Waals surface area contributed by atoms with Crippen LogP contribution in [0.5, 0.6) is 0 Å². The van der Waals surface area contributed by atoms with Gasteiger partial charge in [0, 0.05) is 0 Å². The monoisotopic (exact) mass is 261 g/mol. The number of nitrogens with zero attached hydrogens (tertiary/aromatic N) is 1. The largest absolute Gasteiger partial charge is 0.442 e. The molecule has 0 aromatic carbocycles. The van der Waals surface area contributed by atoms with Gasteiger partial charge in [-0.15, -0.1) is 5.06 Å². The van der Waals surface area contributed by atoms with E-state index in [0.717, 1.165) is 5.06 Å². The summed E-state index contributed by atoms with van der Waals surface area (Å²) in [4.78, 5) is 16.0. The molecule has 1 fully saturated rings. The molecule has 0 aliphatic carbocycles. The van der Waals surface area contributed by atoms with Gasteiger partial charge in [-0.2, -0.15) is 0 Å². The van der Waals surface area contributed by atoms with Crippen molar-refractivity contribution in [1.82, 2.24) is 5.06 Å². The summed E-state index contributed by atoms with van der Waals surface area (Å²) >= 11 is 16.5. The van der Waals surface area contributed by atoms with E-state index in [0.29, 0.717) is 0 Å². The lowest BCUT2D eigenvalue weighted by molar-refractivity contribution is 0.0209. The second-order valence-electron chi connectivity index (χ2n) is 3.81. The van der Waals surface area contributed by atoms with Crippen molar-refractivity contribution in [1.29, 1.82) is 0 Å². The van der Waals surface area contributed by atoms with Crippen LogP contribution in [0.4, 0.5) is 4.79 Å². The number of ether oxygens (including phenoxy) is 1. The number of halogens is 3. The van der Waals surface area contributed by atoms with E-state index >= 15 is 0 Å². The quantitative estimate of drug-likeness (QED) is 0.498. The fourth-order valence-corrected chi connectivity index (χ4v) is 1.10. The molecule has 1 heterocycles. The molecule has 82 valence electrons. The normalized spacial score (nSPS) is 22.1. The number of hydrogen-bond acceptors (Lipinski definition) is 3. The van der Waals surface area contributed by atoms with E-state index in [1.54, 1.807) is 20.8 Å². The first-order valence-electron chi connectivity index (χ1n) is 3.87. The maximum Gasteiger partial charge on any atom is 0.437 e. The van der Waals surface area contributed by atoms with Crippen LogP contribution in [0.25, 0.3) is 0 Å². The highest BCUT2D eigenvalue weighted by molar-refractivity contribution is 6.68. The van der Waals surface area contributed by atoms with Gasteiger partial charge >= 0.3 is 6.09 Å². The maximum absolute atomic E-state index is 11.3. The van der Waals surface area contributed by atoms with Gasteiger partial charge in [0.05, 0.1) is 0 Å². The molecule has 0 N–H and O–H groups in total. The van der Waals surface area contributed by atoms with E-state index in [2.05, 4.69) is 0 Å². The van der Waals surface area contributed by atoms with Gasteiger partial charge in [0.15, 0.2) is 0 Å². The van der Waals surface area contributed by atoms with E-state index in [9.17, 15) is 4.79 Å². The lowest BCUT2D eigenvalue weighted by Crippen LogP contribution is -2.30. The van der Waals surface area contributed by atoms with Crippen LogP contribution in [-0.2, 0) is 9.57 Å². The average molecular weight is 263 g/mol. The van der Waals surface area contributed by atoms with Crippen LogP contribution in [0, 0.1) is 0 Å². The summed E-state index contributed by atoms with van der Waals surface area (Å²) in [6, 6.07) is 0. The highest BCUT2D eigenvalue weighted by Crippen LogP contribution is 2.42. The molecule has 14 heavy (non-hydrogen) atoms. The predicted octanol–water partition coefficient (Wildman–Crippen LogP) is 2.87. The standard InChI is InChI=1S/C7H10Cl3NO3/c1-6(2,3)13-5(12)11-4(14-11)7(8,9)10/h4H,1-3H3/t4-,11?/m0/s1. The fraction of sp³-hybridized carbons (Fsp3) is 0.857. The lowest BCUT2D eigenvalue weighted by atomic mass is 10.2. The van der Waals surface area contributed by atoms with Gasteiger partial charge in [-0.1, -0.05) is 34.8 Å². The molecule has 1 amide bonds. The zero-order valence-electron chi connectivity index (χ0n) is 7.88. The molecule has 4 nitrogen and oxygen atoms in total. The third-order valence-electron chi connectivity index (χ3n) is 1.23. The Labute approximate surface area is 96.9 Å². The molecule has 1 saturated heterocycles. The first kappa shape index (κ1) is 12.2. The van der Waals surface area contributed by atoms with Gasteiger partial charge < -0.3 is 4.74 Å². The summed E-state index contributed by atoms with van der Waals surface area (Å²) in [6.45, 7) is 5.20. The molecule has 1 aliphatic rings. The lowest BCUT2D eigenvalue weighted by Gasteiger charge is -2.18. The number of amides is 1. The Morgan fingerprint density at radius 3 is 2.14 bits per heavy atom. The SMILES string of the molecule is CC(C)(C)OC(=O)N1O[C@H]1C(Cl)(Cl)Cl. The van der Waals surface area contributed by atoms with Crippen LogP contribution in [0.3, 0.4) is 0 Å². The second kappa shape index (κ2) is 3.59. The van der Waals surface area contributed by atoms with Crippen LogP contribution in [0.2, 0.25) is 0 Å². The van der Waals surface area contributed by atoms with E-state index in [-0.39, 0.29) is 0 Å². The van der Waals surface area contributed by atoms with E-state index in [4.69, 9.17) is 44.4 Å². The van der Waals surface area contributed by atoms with Crippen LogP contribution in [-0.4, -0.2) is 26.8 Å². The smallest absolute Gasteiger partial charge is 0.437 e. The van der Waals surface area contributed by atoms with Crippen molar-refractivity contribution in [2.75, 3.05) is 0 Å². The topological polar surface area (TPSA) is 41.8 Å². The van der Waals surface area contributed by atoms with Crippen molar-refractivity contribution < 1.29 is 14.4 Å². The Bertz CT molecular complexity index is 246. The molecular weight excluding hydrogens is 252 g/mol. The number of carbonyl (C=O) groups excluding carboxylic acids is 1. The highest BCUT2D eigenvalue weighted by atomic mass is 35.6. The zero-order chi connectivity index (χ0) is 11.1. The average Bonchev–Trinajstić information content (AvgIpc) is 2.55. The predicted molar refractivity (Wildman–Crippen MR) is 53.2 cm³/mol. The first-order chi connectivity index (χ1) is 6.11. The molecule has 0 aromatic rings. The van der Waals surface area contributed by atoms with Crippen molar-refractivity contribution in [2.24, 2.45) is 0 Å². The third kappa shape index (κ3) is 3.35. The highest BCUT2D eigenvalue weighted by Gasteiger charge is 2.56. The van der Waals surface area contributed by atoms with Gasteiger partial charge in [-0.25, -0.2) is 9.63 Å². The summed E-state index contributed by atoms with van der Waals surface area (Å²) in [7, 11) is 0. The van der Waals surface area contributed by atoms with E-state index in [1.807, 2.05) is 0 Å². The summed E-state index contributed by atoms with van der Waals surface area (Å²) in [6.07, 6.45) is -1.52. The molecule has 0 saturated carbocycles. The number of rotatable bonds is 0. The molecule has 0 unspecified atom stereocenters. The molecule has 1 aliphatic heterocycles. The van der Waals surface area contributed by atoms with Crippen molar-refractivity contribution >= 4 is 40.9 Å². The third-order valence-corrected chi connectivity index (χ3v) is 1.79. The minimum Gasteiger partial charge on any atom is -0.442 e.